The Morgan fingerprint density at radius 3 is 2.47 bits per heavy atom. The van der Waals surface area contributed by atoms with E-state index in [9.17, 15) is 18.3 Å². The summed E-state index contributed by atoms with van der Waals surface area (Å²) in [5.74, 6) is -1.03. The number of nitrogens with zero attached hydrogens (tertiary/aromatic N) is 1. The molecule has 30 heavy (non-hydrogen) atoms. The minimum Gasteiger partial charge on any atom is -0.490 e. The highest BCUT2D eigenvalue weighted by Crippen LogP contribution is 2.47. The molecular formula is C22H27NO6S. The Labute approximate surface area is 177 Å². The van der Waals surface area contributed by atoms with Gasteiger partial charge in [0.2, 0.25) is 0 Å². The summed E-state index contributed by atoms with van der Waals surface area (Å²) >= 11 is 0. The number of anilines is 2. The van der Waals surface area contributed by atoms with E-state index in [-0.39, 0.29) is 23.8 Å². The van der Waals surface area contributed by atoms with Gasteiger partial charge >= 0.3 is 5.97 Å². The Morgan fingerprint density at radius 1 is 1.20 bits per heavy atom. The monoisotopic (exact) mass is 433 g/mol. The molecule has 7 nitrogen and oxygen atoms in total. The minimum atomic E-state index is -4.08. The lowest BCUT2D eigenvalue weighted by molar-refractivity contribution is 0.0689. The number of ether oxygens (including phenoxy) is 1. The number of hydrogen-bond donors (Lipinski definition) is 2. The van der Waals surface area contributed by atoms with Gasteiger partial charge in [-0.3, -0.25) is 4.55 Å². The average Bonchev–Trinajstić information content (AvgIpc) is 2.63. The van der Waals surface area contributed by atoms with Crippen LogP contribution in [0.5, 0.6) is 5.75 Å². The van der Waals surface area contributed by atoms with Gasteiger partial charge in [0.15, 0.2) is 0 Å². The van der Waals surface area contributed by atoms with E-state index >= 15 is 0 Å². The zero-order valence-corrected chi connectivity index (χ0v) is 18.4. The first-order valence-electron chi connectivity index (χ1n) is 9.87. The SMILES string of the molecule is Cc1c(C)c2c(c(C(=O)O)c1OC(C)C)Cc1ccccc1N2CCCS(=O)(=O)O. The van der Waals surface area contributed by atoms with Crippen LogP contribution in [-0.4, -0.2) is 42.4 Å². The van der Waals surface area contributed by atoms with Crippen molar-refractivity contribution in [3.05, 3.63) is 52.1 Å². The maximum atomic E-state index is 12.3. The van der Waals surface area contributed by atoms with Crippen molar-refractivity contribution in [2.75, 3.05) is 17.2 Å². The average molecular weight is 434 g/mol. The molecule has 2 aromatic rings. The summed E-state index contributed by atoms with van der Waals surface area (Å²) < 4.78 is 37.5. The van der Waals surface area contributed by atoms with Gasteiger partial charge in [-0.2, -0.15) is 8.42 Å². The molecule has 0 fully saturated rings. The van der Waals surface area contributed by atoms with Crippen LogP contribution in [0.2, 0.25) is 0 Å². The minimum absolute atomic E-state index is 0.149. The van der Waals surface area contributed by atoms with E-state index in [4.69, 9.17) is 9.29 Å². The van der Waals surface area contributed by atoms with Crippen molar-refractivity contribution in [1.82, 2.24) is 0 Å². The second-order valence-electron chi connectivity index (χ2n) is 7.85. The zero-order valence-electron chi connectivity index (χ0n) is 17.6. The molecule has 0 unspecified atom stereocenters. The lowest BCUT2D eigenvalue weighted by Gasteiger charge is -2.37. The summed E-state index contributed by atoms with van der Waals surface area (Å²) in [6, 6.07) is 7.68. The number of benzene rings is 2. The normalized spacial score (nSPS) is 13.2. The van der Waals surface area contributed by atoms with Gasteiger partial charge in [-0.25, -0.2) is 4.79 Å². The van der Waals surface area contributed by atoms with Gasteiger partial charge in [0.1, 0.15) is 11.3 Å². The molecule has 0 atom stereocenters. The third-order valence-corrected chi connectivity index (χ3v) is 6.15. The fraction of sp³-hybridized carbons (Fsp3) is 0.409. The molecule has 0 aliphatic carbocycles. The molecule has 3 rings (SSSR count). The van der Waals surface area contributed by atoms with Crippen molar-refractivity contribution in [1.29, 1.82) is 0 Å². The van der Waals surface area contributed by atoms with Gasteiger partial charge in [-0.05, 0) is 62.4 Å². The number of para-hydroxylation sites is 1. The van der Waals surface area contributed by atoms with Crippen molar-refractivity contribution in [3.8, 4) is 5.75 Å². The van der Waals surface area contributed by atoms with Crippen LogP contribution in [0.15, 0.2) is 24.3 Å². The fourth-order valence-electron chi connectivity index (χ4n) is 4.04. The maximum Gasteiger partial charge on any atom is 0.339 e. The zero-order chi connectivity index (χ0) is 22.2. The Morgan fingerprint density at radius 2 is 1.87 bits per heavy atom. The summed E-state index contributed by atoms with van der Waals surface area (Å²) in [4.78, 5) is 14.3. The van der Waals surface area contributed by atoms with Crippen LogP contribution in [0.3, 0.4) is 0 Å². The lowest BCUT2D eigenvalue weighted by Crippen LogP contribution is -2.29. The van der Waals surface area contributed by atoms with E-state index in [1.807, 2.05) is 56.9 Å². The summed E-state index contributed by atoms with van der Waals surface area (Å²) in [6.45, 7) is 7.81. The first-order valence-corrected chi connectivity index (χ1v) is 11.5. The van der Waals surface area contributed by atoms with Crippen molar-refractivity contribution in [2.24, 2.45) is 0 Å². The molecule has 1 heterocycles. The number of carboxylic acids is 1. The third-order valence-electron chi connectivity index (χ3n) is 5.34. The van der Waals surface area contributed by atoms with Crippen molar-refractivity contribution < 1.29 is 27.6 Å². The van der Waals surface area contributed by atoms with E-state index in [2.05, 4.69) is 0 Å². The number of rotatable bonds is 7. The number of carboxylic acid groups (broad SMARTS) is 1. The highest BCUT2D eigenvalue weighted by atomic mass is 32.2. The van der Waals surface area contributed by atoms with Crippen molar-refractivity contribution in [3.63, 3.8) is 0 Å². The maximum absolute atomic E-state index is 12.3. The van der Waals surface area contributed by atoms with Crippen LogP contribution >= 0.6 is 0 Å². The summed E-state index contributed by atoms with van der Waals surface area (Å²) in [5, 5.41) is 10.1. The van der Waals surface area contributed by atoms with E-state index in [0.717, 1.165) is 28.1 Å². The molecule has 2 N–H and O–H groups in total. The first-order chi connectivity index (χ1) is 14.0. The smallest absolute Gasteiger partial charge is 0.339 e. The van der Waals surface area contributed by atoms with Crippen molar-refractivity contribution in [2.45, 2.75) is 46.6 Å². The Hall–Kier alpha value is -2.58. The molecule has 8 heteroatoms. The van der Waals surface area contributed by atoms with Gasteiger partial charge in [0.05, 0.1) is 11.9 Å². The number of hydrogen-bond acceptors (Lipinski definition) is 5. The predicted molar refractivity (Wildman–Crippen MR) is 116 cm³/mol. The molecule has 1 aliphatic rings. The van der Waals surface area contributed by atoms with Gasteiger partial charge < -0.3 is 14.7 Å². The number of fused-ring (bicyclic) bond motifs is 2. The Kier molecular flexibility index (Phi) is 6.10. The standard InChI is InChI=1S/C22H27NO6S/c1-13(2)29-21-15(4)14(3)20-17(19(21)22(24)25)12-16-8-5-6-9-18(16)23(20)10-7-11-30(26,27)28/h5-6,8-9,13H,7,10-12H2,1-4H3,(H,24,25)(H,26,27,28). The Balaban J connectivity index is 2.22. The van der Waals surface area contributed by atoms with Crippen LogP contribution in [0.4, 0.5) is 11.4 Å². The van der Waals surface area contributed by atoms with Gasteiger partial charge in [0.25, 0.3) is 10.1 Å². The molecule has 2 aromatic carbocycles. The molecular weight excluding hydrogens is 406 g/mol. The predicted octanol–water partition coefficient (Wildman–Crippen LogP) is 4.11. The second kappa shape index (κ2) is 8.28. The molecule has 162 valence electrons. The summed E-state index contributed by atoms with van der Waals surface area (Å²) in [7, 11) is -4.08. The van der Waals surface area contributed by atoms with E-state index < -0.39 is 16.1 Å². The van der Waals surface area contributed by atoms with Gasteiger partial charge in [0, 0.05) is 24.3 Å². The number of carbonyl (C=O) groups is 1. The quantitative estimate of drug-likeness (QED) is 0.633. The molecule has 0 saturated carbocycles. The summed E-state index contributed by atoms with van der Waals surface area (Å²) in [5.41, 5.74) is 5.10. The second-order valence-corrected chi connectivity index (χ2v) is 9.42. The lowest BCUT2D eigenvalue weighted by atomic mass is 9.86. The molecule has 0 aromatic heterocycles. The molecule has 1 aliphatic heterocycles. The summed E-state index contributed by atoms with van der Waals surface area (Å²) in [6.07, 6.45) is 0.468. The molecule has 0 spiro atoms. The number of aromatic carboxylic acids is 1. The Bertz CT molecular complexity index is 1090. The van der Waals surface area contributed by atoms with Gasteiger partial charge in [-0.1, -0.05) is 18.2 Å². The van der Waals surface area contributed by atoms with Crippen LogP contribution in [0, 0.1) is 13.8 Å². The molecule has 0 amide bonds. The topological polar surface area (TPSA) is 104 Å². The largest absolute Gasteiger partial charge is 0.490 e. The highest BCUT2D eigenvalue weighted by molar-refractivity contribution is 7.85. The van der Waals surface area contributed by atoms with Crippen LogP contribution in [0.25, 0.3) is 0 Å². The van der Waals surface area contributed by atoms with Crippen molar-refractivity contribution >= 4 is 27.5 Å². The highest BCUT2D eigenvalue weighted by Gasteiger charge is 2.32. The van der Waals surface area contributed by atoms with E-state index in [0.29, 0.717) is 24.3 Å². The first kappa shape index (κ1) is 22.1. The molecule has 0 bridgehead atoms. The van der Waals surface area contributed by atoms with Gasteiger partial charge in [-0.15, -0.1) is 0 Å². The van der Waals surface area contributed by atoms with Crippen LogP contribution in [-0.2, 0) is 16.5 Å². The van der Waals surface area contributed by atoms with Crippen LogP contribution in [0.1, 0.15) is 52.9 Å². The fourth-order valence-corrected chi connectivity index (χ4v) is 4.53. The van der Waals surface area contributed by atoms with Crippen LogP contribution < -0.4 is 9.64 Å². The van der Waals surface area contributed by atoms with E-state index in [1.165, 1.54) is 0 Å². The third kappa shape index (κ3) is 4.29. The van der Waals surface area contributed by atoms with E-state index in [1.54, 1.807) is 0 Å². The molecule has 0 saturated heterocycles. The molecule has 0 radical (unpaired) electrons.